The van der Waals surface area contributed by atoms with Crippen molar-refractivity contribution in [2.24, 2.45) is 5.92 Å². The molecule has 3 aromatic carbocycles. The van der Waals surface area contributed by atoms with E-state index in [2.05, 4.69) is 26.3 Å². The lowest BCUT2D eigenvalue weighted by Gasteiger charge is -2.44. The molecule has 1 saturated heterocycles. The van der Waals surface area contributed by atoms with E-state index < -0.39 is 78.3 Å². The summed E-state index contributed by atoms with van der Waals surface area (Å²) in [6, 6.07) is 26.0. The van der Waals surface area contributed by atoms with Crippen LogP contribution in [-0.2, 0) is 43.4 Å². The van der Waals surface area contributed by atoms with Gasteiger partial charge in [-0.1, -0.05) is 68.4 Å². The van der Waals surface area contributed by atoms with Crippen LogP contribution in [0.15, 0.2) is 90.0 Å². The van der Waals surface area contributed by atoms with Crippen molar-refractivity contribution in [2.75, 3.05) is 52.6 Å². The fourth-order valence-electron chi connectivity index (χ4n) is 9.20. The Bertz CT molecular complexity index is 2640. The van der Waals surface area contributed by atoms with E-state index in [1.54, 1.807) is 41.9 Å². The highest BCUT2D eigenvalue weighted by Gasteiger charge is 2.59. The van der Waals surface area contributed by atoms with E-state index in [0.717, 1.165) is 16.7 Å². The van der Waals surface area contributed by atoms with E-state index in [1.165, 1.54) is 18.0 Å². The zero-order chi connectivity index (χ0) is 51.0. The summed E-state index contributed by atoms with van der Waals surface area (Å²) >= 11 is 0. The Kier molecular flexibility index (Phi) is 17.5. The van der Waals surface area contributed by atoms with Gasteiger partial charge in [0.05, 0.1) is 64.6 Å². The number of aromatic amines is 1. The Morgan fingerprint density at radius 2 is 1.49 bits per heavy atom. The number of nitriles is 1. The third-order valence-corrected chi connectivity index (χ3v) is 16.2. The number of hydrogen-bond donors (Lipinski definition) is 2. The van der Waals surface area contributed by atoms with Crippen LogP contribution in [0.25, 0.3) is 11.2 Å². The molecule has 1 amide bonds. The zero-order valence-electron chi connectivity index (χ0n) is 41.8. The number of carbonyl (C=O) groups excluding carboxylic acids is 2. The van der Waals surface area contributed by atoms with E-state index >= 15 is 4.57 Å². The van der Waals surface area contributed by atoms with Crippen LogP contribution in [0.4, 0.5) is 5.95 Å². The molecular formula is C51H66N7O11P. The lowest BCUT2D eigenvalue weighted by molar-refractivity contribution is -0.152. The number of H-pyrrole nitrogens is 1. The van der Waals surface area contributed by atoms with E-state index in [4.69, 9.17) is 33.2 Å². The van der Waals surface area contributed by atoms with Crippen molar-refractivity contribution in [2.45, 2.75) is 109 Å². The number of fused-ring (bicyclic) bond motifs is 1. The molecule has 1 aliphatic rings. The fourth-order valence-corrected chi connectivity index (χ4v) is 13.3. The molecule has 5 aromatic rings. The number of imidazole rings is 1. The van der Waals surface area contributed by atoms with Crippen molar-refractivity contribution in [1.82, 2.24) is 24.2 Å². The number of aromatic nitrogens is 4. The maximum atomic E-state index is 17.0. The molecule has 1 fully saturated rings. The standard InChI is InChI=1S/C51H66N7O11P/c1-32(2)46(60)55-49-54-45-42(47(61)56-49)53-31-57(45)48-43(66-28-27-63-9)44(70(62,58(33(3)4)34(5)6)30-41(59)69-50(7,8)25-26-52)40(68-48)29-67-51(35-15-13-12-14-16-35,36-17-21-38(64-10)22-18-36)37-19-23-39(65-11)24-20-37/h12-24,31-34,40,43-44,48H,25,27-30H2,1-11H3,(H2,54,55,56,60,61). The summed E-state index contributed by atoms with van der Waals surface area (Å²) in [6.07, 6.45) is -2.82. The number of esters is 1. The molecule has 3 heterocycles. The minimum absolute atomic E-state index is 0.00387. The molecule has 376 valence electrons. The number of amides is 1. The number of methoxy groups -OCH3 is 3. The summed E-state index contributed by atoms with van der Waals surface area (Å²) in [5.41, 5.74) is -2.17. The van der Waals surface area contributed by atoms with Gasteiger partial charge < -0.3 is 37.7 Å². The summed E-state index contributed by atoms with van der Waals surface area (Å²) in [5.74, 6) is -0.463. The quantitative estimate of drug-likeness (QED) is 0.0278. The molecule has 5 unspecified atom stereocenters. The van der Waals surface area contributed by atoms with Gasteiger partial charge in [0.1, 0.15) is 35.0 Å². The lowest BCUT2D eigenvalue weighted by Crippen LogP contribution is -2.48. The van der Waals surface area contributed by atoms with Crippen molar-refractivity contribution in [3.63, 3.8) is 0 Å². The van der Waals surface area contributed by atoms with Crippen molar-refractivity contribution < 1.29 is 47.3 Å². The predicted molar refractivity (Wildman–Crippen MR) is 264 cm³/mol. The molecular weight excluding hydrogens is 918 g/mol. The first-order chi connectivity index (χ1) is 33.3. The zero-order valence-corrected chi connectivity index (χ0v) is 42.7. The molecule has 2 aromatic heterocycles. The van der Waals surface area contributed by atoms with Crippen LogP contribution in [0.1, 0.15) is 84.7 Å². The van der Waals surface area contributed by atoms with E-state index in [-0.39, 0.29) is 49.3 Å². The van der Waals surface area contributed by atoms with Crippen LogP contribution < -0.4 is 20.3 Å². The van der Waals surface area contributed by atoms with Crippen LogP contribution in [0, 0.1) is 17.2 Å². The highest BCUT2D eigenvalue weighted by molar-refractivity contribution is 7.63. The van der Waals surface area contributed by atoms with Gasteiger partial charge in [-0.15, -0.1) is 0 Å². The first-order valence-corrected chi connectivity index (χ1v) is 25.2. The summed E-state index contributed by atoms with van der Waals surface area (Å²) in [5, 5.41) is 12.3. The Morgan fingerprint density at radius 1 is 0.900 bits per heavy atom. The second kappa shape index (κ2) is 22.9. The number of carbonyl (C=O) groups is 2. The molecule has 0 aliphatic carbocycles. The van der Waals surface area contributed by atoms with Crippen LogP contribution in [0.2, 0.25) is 0 Å². The lowest BCUT2D eigenvalue weighted by atomic mass is 9.80. The molecule has 0 radical (unpaired) electrons. The van der Waals surface area contributed by atoms with E-state index in [1.807, 2.05) is 111 Å². The first-order valence-electron chi connectivity index (χ1n) is 23.3. The topological polar surface area (TPSA) is 218 Å². The second-order valence-corrected chi connectivity index (χ2v) is 21.5. The number of nitrogens with one attached hydrogen (secondary N) is 2. The van der Waals surface area contributed by atoms with Gasteiger partial charge in [-0.25, -0.2) is 9.65 Å². The molecule has 6 rings (SSSR count). The van der Waals surface area contributed by atoms with Gasteiger partial charge in [0.2, 0.25) is 11.9 Å². The maximum Gasteiger partial charge on any atom is 0.315 e. The summed E-state index contributed by atoms with van der Waals surface area (Å²) in [6.45, 7) is 14.1. The maximum absolute atomic E-state index is 17.0. The van der Waals surface area contributed by atoms with Gasteiger partial charge in [0.25, 0.3) is 5.56 Å². The van der Waals surface area contributed by atoms with Crippen molar-refractivity contribution >= 4 is 36.3 Å². The summed E-state index contributed by atoms with van der Waals surface area (Å²) in [7, 11) is 0.518. The number of anilines is 1. The number of rotatable bonds is 23. The molecule has 1 aliphatic heterocycles. The third-order valence-electron chi connectivity index (χ3n) is 12.2. The molecule has 0 saturated carbocycles. The van der Waals surface area contributed by atoms with Crippen molar-refractivity contribution in [1.29, 1.82) is 5.26 Å². The first kappa shape index (κ1) is 53.4. The number of ether oxygens (including phenoxy) is 7. The molecule has 18 nitrogen and oxygen atoms in total. The van der Waals surface area contributed by atoms with Crippen molar-refractivity contribution in [3.8, 4) is 17.6 Å². The summed E-state index contributed by atoms with van der Waals surface area (Å²) < 4.78 is 64.4. The Hall–Kier alpha value is -5.93. The normalized spacial score (nSPS) is 18.3. The molecule has 70 heavy (non-hydrogen) atoms. The minimum atomic E-state index is -4.19. The molecule has 2 N–H and O–H groups in total. The monoisotopic (exact) mass is 983 g/mol. The molecule has 19 heteroatoms. The minimum Gasteiger partial charge on any atom is -0.497 e. The van der Waals surface area contributed by atoms with Gasteiger partial charge in [-0.05, 0) is 82.5 Å². The number of hydrogen-bond acceptors (Lipinski definition) is 14. The molecule has 0 bridgehead atoms. The average Bonchev–Trinajstić information content (AvgIpc) is 3.91. The molecule has 5 atom stereocenters. The average molecular weight is 984 g/mol. The van der Waals surface area contributed by atoms with Gasteiger partial charge >= 0.3 is 5.97 Å². The molecule has 0 spiro atoms. The third kappa shape index (κ3) is 11.5. The smallest absolute Gasteiger partial charge is 0.315 e. The largest absolute Gasteiger partial charge is 0.497 e. The second-order valence-electron chi connectivity index (χ2n) is 18.6. The Balaban J connectivity index is 1.63. The van der Waals surface area contributed by atoms with Crippen LogP contribution in [-0.4, -0.2) is 119 Å². The SMILES string of the molecule is COCCOC1C(n2cnc3c(=O)[nH]c(NC(=O)C(C)C)nc32)OC(COC(c2ccccc2)(c2ccc(OC)cc2)c2ccc(OC)cc2)C1P(=O)(CC(=O)OC(C)(C)CC#N)N(C(C)C)C(C)C. The van der Waals surface area contributed by atoms with Crippen LogP contribution in [0.3, 0.4) is 0 Å². The highest BCUT2D eigenvalue weighted by atomic mass is 31.2. The van der Waals surface area contributed by atoms with Gasteiger partial charge in [-0.2, -0.15) is 10.2 Å². The predicted octanol–water partition coefficient (Wildman–Crippen LogP) is 7.67. The van der Waals surface area contributed by atoms with Gasteiger partial charge in [0.15, 0.2) is 24.7 Å². The van der Waals surface area contributed by atoms with Gasteiger partial charge in [-0.3, -0.25) is 29.3 Å². The van der Waals surface area contributed by atoms with Gasteiger partial charge in [0, 0.05) is 25.1 Å². The van der Waals surface area contributed by atoms with E-state index in [9.17, 15) is 19.6 Å². The number of benzene rings is 3. The Morgan fingerprint density at radius 3 is 2.01 bits per heavy atom. The summed E-state index contributed by atoms with van der Waals surface area (Å²) in [4.78, 5) is 52.6. The Labute approximate surface area is 409 Å². The van der Waals surface area contributed by atoms with Crippen LogP contribution >= 0.6 is 7.29 Å². The van der Waals surface area contributed by atoms with Crippen molar-refractivity contribution in [3.05, 3.63) is 112 Å². The van der Waals surface area contributed by atoms with Crippen LogP contribution in [0.5, 0.6) is 11.5 Å². The number of nitrogens with zero attached hydrogens (tertiary/aromatic N) is 5. The fraction of sp³-hybridized carbons (Fsp3) is 0.490. The highest BCUT2D eigenvalue weighted by Crippen LogP contribution is 2.63. The van der Waals surface area contributed by atoms with E-state index in [0.29, 0.717) is 11.5 Å².